The lowest BCUT2D eigenvalue weighted by molar-refractivity contribution is 0.0499. The molecule has 264 valence electrons. The molecule has 0 radical (unpaired) electrons. The van der Waals surface area contributed by atoms with Crippen molar-refractivity contribution in [3.05, 3.63) is 35.9 Å². The number of nitrogens with one attached hydrogen (secondary N) is 1. The van der Waals surface area contributed by atoms with Crippen molar-refractivity contribution in [3.63, 3.8) is 0 Å². The van der Waals surface area contributed by atoms with Gasteiger partial charge in [0, 0.05) is 44.9 Å². The van der Waals surface area contributed by atoms with Gasteiger partial charge in [-0.3, -0.25) is 4.79 Å². The smallest absolute Gasteiger partial charge is 0.407 e. The number of alkyl carbamates (subject to hydrolysis) is 1. The summed E-state index contributed by atoms with van der Waals surface area (Å²) in [6.07, 6.45) is 8.72. The maximum atomic E-state index is 14.4. The zero-order valence-electron chi connectivity index (χ0n) is 29.1. The van der Waals surface area contributed by atoms with Crippen LogP contribution in [0.4, 0.5) is 15.0 Å². The van der Waals surface area contributed by atoms with E-state index in [4.69, 9.17) is 14.2 Å². The van der Waals surface area contributed by atoms with E-state index in [0.29, 0.717) is 23.8 Å². The Hall–Kier alpha value is -3.58. The fourth-order valence-electron chi connectivity index (χ4n) is 7.66. The van der Waals surface area contributed by atoms with Crippen molar-refractivity contribution < 1.29 is 28.2 Å². The molecule has 3 aliphatic rings. The standard InChI is InChI=1S/C35H52FN7O5/c1-24(2)43(25(3)4)33(44)29-20-27(36)6-7-30(29)48-32-31(37-23-38-40-32)42-15-10-26(22-42)21-41-16-13-35(14-17-41)11-8-28(9-12-35)39-34(45)47-19-18-46-5/h6-7,20,23-26,28H,8-19,21-22H2,1-5H3,(H,39,45)/t26-/m0/s1. The van der Waals surface area contributed by atoms with Crippen molar-refractivity contribution in [1.82, 2.24) is 30.3 Å². The molecular weight excluding hydrogens is 617 g/mol. The van der Waals surface area contributed by atoms with Crippen LogP contribution in [0.2, 0.25) is 0 Å². The number of amides is 2. The highest BCUT2D eigenvalue weighted by Crippen LogP contribution is 2.45. The molecule has 1 aromatic carbocycles. The number of benzene rings is 1. The number of rotatable bonds is 12. The van der Waals surface area contributed by atoms with Gasteiger partial charge in [0.05, 0.1) is 12.2 Å². The predicted octanol–water partition coefficient (Wildman–Crippen LogP) is 5.29. The number of halogens is 1. The number of ether oxygens (including phenoxy) is 3. The number of likely N-dealkylation sites (tertiary alicyclic amines) is 1. The van der Waals surface area contributed by atoms with Crippen molar-refractivity contribution in [2.75, 3.05) is 57.9 Å². The van der Waals surface area contributed by atoms with Gasteiger partial charge >= 0.3 is 6.09 Å². The molecule has 1 aliphatic carbocycles. The van der Waals surface area contributed by atoms with Crippen LogP contribution in [-0.4, -0.2) is 108 Å². The minimum Gasteiger partial charge on any atom is -0.447 e. The molecule has 1 atom stereocenters. The Morgan fingerprint density at radius 3 is 2.46 bits per heavy atom. The van der Waals surface area contributed by atoms with Crippen LogP contribution in [0.5, 0.6) is 11.6 Å². The Morgan fingerprint density at radius 2 is 1.77 bits per heavy atom. The van der Waals surface area contributed by atoms with Crippen molar-refractivity contribution in [1.29, 1.82) is 0 Å². The fraction of sp³-hybridized carbons (Fsp3) is 0.686. The number of carbonyl (C=O) groups excluding carboxylic acids is 2. The first-order chi connectivity index (χ1) is 23.1. The Bertz CT molecular complexity index is 1370. The van der Waals surface area contributed by atoms with Crippen LogP contribution < -0.4 is 15.0 Å². The molecule has 1 N–H and O–H groups in total. The number of hydrogen-bond donors (Lipinski definition) is 1. The minimum absolute atomic E-state index is 0.0735. The van der Waals surface area contributed by atoms with E-state index in [1.54, 1.807) is 12.0 Å². The lowest BCUT2D eigenvalue weighted by atomic mass is 9.67. The van der Waals surface area contributed by atoms with Crippen LogP contribution in [0.3, 0.4) is 0 Å². The fourth-order valence-corrected chi connectivity index (χ4v) is 7.66. The maximum absolute atomic E-state index is 14.4. The maximum Gasteiger partial charge on any atom is 0.407 e. The van der Waals surface area contributed by atoms with Crippen LogP contribution in [0, 0.1) is 17.2 Å². The Balaban J connectivity index is 1.14. The summed E-state index contributed by atoms with van der Waals surface area (Å²) >= 11 is 0. The lowest BCUT2D eigenvalue weighted by Crippen LogP contribution is -2.46. The third-order valence-corrected chi connectivity index (χ3v) is 10.2. The van der Waals surface area contributed by atoms with Gasteiger partial charge in [0.15, 0.2) is 5.82 Å². The average Bonchev–Trinajstić information content (AvgIpc) is 3.52. The molecule has 2 aromatic rings. The van der Waals surface area contributed by atoms with E-state index < -0.39 is 5.82 Å². The molecule has 13 heteroatoms. The number of carbonyl (C=O) groups is 2. The van der Waals surface area contributed by atoms with Gasteiger partial charge in [-0.25, -0.2) is 14.2 Å². The van der Waals surface area contributed by atoms with Gasteiger partial charge in [-0.05, 0) is 115 Å². The van der Waals surface area contributed by atoms with Crippen molar-refractivity contribution in [2.45, 2.75) is 90.8 Å². The largest absolute Gasteiger partial charge is 0.447 e. The van der Waals surface area contributed by atoms with Crippen LogP contribution in [0.25, 0.3) is 0 Å². The van der Waals surface area contributed by atoms with E-state index in [1.807, 2.05) is 27.7 Å². The second kappa shape index (κ2) is 16.2. The third kappa shape index (κ3) is 8.90. The first kappa shape index (κ1) is 35.7. The number of anilines is 1. The molecule has 1 spiro atoms. The number of nitrogens with zero attached hydrogens (tertiary/aromatic N) is 6. The van der Waals surface area contributed by atoms with Crippen LogP contribution >= 0.6 is 0 Å². The topological polar surface area (TPSA) is 122 Å². The SMILES string of the molecule is COCCOC(=O)NC1CCC2(CC1)CCN(C[C@@H]1CCN(c3ncnnc3Oc3ccc(F)cc3C(=O)N(C(C)C)C(C)C)C1)CC2. The van der Waals surface area contributed by atoms with Crippen LogP contribution in [0.1, 0.15) is 83.0 Å². The zero-order valence-corrected chi connectivity index (χ0v) is 29.1. The summed E-state index contributed by atoms with van der Waals surface area (Å²) < 4.78 is 30.7. The summed E-state index contributed by atoms with van der Waals surface area (Å²) in [6.45, 7) is 13.2. The summed E-state index contributed by atoms with van der Waals surface area (Å²) in [5, 5.41) is 11.2. The highest BCUT2D eigenvalue weighted by Gasteiger charge is 2.39. The summed E-state index contributed by atoms with van der Waals surface area (Å²) in [4.78, 5) is 36.6. The van der Waals surface area contributed by atoms with Gasteiger partial charge in [0.2, 0.25) is 0 Å². The second-order valence-corrected chi connectivity index (χ2v) is 14.2. The van der Waals surface area contributed by atoms with Gasteiger partial charge < -0.3 is 34.2 Å². The summed E-state index contributed by atoms with van der Waals surface area (Å²) in [6, 6.07) is 4.01. The molecule has 0 unspecified atom stereocenters. The molecule has 5 rings (SSSR count). The summed E-state index contributed by atoms with van der Waals surface area (Å²) in [5.74, 6) is 0.654. The zero-order chi connectivity index (χ0) is 34.3. The summed E-state index contributed by atoms with van der Waals surface area (Å²) in [5.41, 5.74) is 0.512. The minimum atomic E-state index is -0.512. The van der Waals surface area contributed by atoms with E-state index in [0.717, 1.165) is 64.8 Å². The summed E-state index contributed by atoms with van der Waals surface area (Å²) in [7, 11) is 1.59. The molecule has 3 heterocycles. The molecule has 2 amide bonds. The van der Waals surface area contributed by atoms with E-state index in [9.17, 15) is 14.0 Å². The Kier molecular flexibility index (Phi) is 12.1. The Morgan fingerprint density at radius 1 is 1.04 bits per heavy atom. The van der Waals surface area contributed by atoms with E-state index in [2.05, 4.69) is 30.3 Å². The second-order valence-electron chi connectivity index (χ2n) is 14.2. The molecule has 1 aromatic heterocycles. The first-order valence-electron chi connectivity index (χ1n) is 17.4. The van der Waals surface area contributed by atoms with Crippen molar-refractivity contribution in [3.8, 4) is 11.6 Å². The van der Waals surface area contributed by atoms with Crippen molar-refractivity contribution in [2.24, 2.45) is 11.3 Å². The number of hydrogen-bond acceptors (Lipinski definition) is 10. The molecular formula is C35H52FN7O5. The Labute approximate surface area is 283 Å². The normalized spacial score (nSPS) is 20.0. The first-order valence-corrected chi connectivity index (χ1v) is 17.4. The number of methoxy groups -OCH3 is 1. The van der Waals surface area contributed by atoms with E-state index >= 15 is 0 Å². The van der Waals surface area contributed by atoms with Crippen molar-refractivity contribution >= 4 is 17.8 Å². The molecule has 48 heavy (non-hydrogen) atoms. The van der Waals surface area contributed by atoms with Crippen LogP contribution in [-0.2, 0) is 9.47 Å². The number of aromatic nitrogens is 3. The van der Waals surface area contributed by atoms with Gasteiger partial charge in [0.1, 0.15) is 24.5 Å². The molecule has 2 saturated heterocycles. The predicted molar refractivity (Wildman–Crippen MR) is 180 cm³/mol. The lowest BCUT2D eigenvalue weighted by Gasteiger charge is -2.46. The van der Waals surface area contributed by atoms with E-state index in [1.165, 1.54) is 37.4 Å². The highest BCUT2D eigenvalue weighted by molar-refractivity contribution is 5.97. The molecule has 12 nitrogen and oxygen atoms in total. The van der Waals surface area contributed by atoms with Crippen LogP contribution in [0.15, 0.2) is 24.5 Å². The van der Waals surface area contributed by atoms with Gasteiger partial charge in [-0.1, -0.05) is 0 Å². The highest BCUT2D eigenvalue weighted by atomic mass is 19.1. The van der Waals surface area contributed by atoms with Gasteiger partial charge in [-0.15, -0.1) is 10.2 Å². The quantitative estimate of drug-likeness (QED) is 0.299. The monoisotopic (exact) mass is 669 g/mol. The third-order valence-electron chi connectivity index (χ3n) is 10.2. The van der Waals surface area contributed by atoms with Gasteiger partial charge in [-0.2, -0.15) is 0 Å². The number of piperidine rings is 1. The van der Waals surface area contributed by atoms with E-state index in [-0.39, 0.29) is 53.9 Å². The molecule has 3 fully saturated rings. The molecule has 1 saturated carbocycles. The molecule has 2 aliphatic heterocycles. The average molecular weight is 670 g/mol. The molecule has 0 bridgehead atoms. The van der Waals surface area contributed by atoms with Gasteiger partial charge in [0.25, 0.3) is 11.8 Å².